The quantitative estimate of drug-likeness (QED) is 0.820. The molecule has 20 heavy (non-hydrogen) atoms. The average Bonchev–Trinajstić information content (AvgIpc) is 3.00. The molecule has 3 rings (SSSR count). The van der Waals surface area contributed by atoms with Crippen LogP contribution in [0.4, 0.5) is 0 Å². The van der Waals surface area contributed by atoms with Gasteiger partial charge in [0.15, 0.2) is 5.96 Å². The number of rotatable bonds is 5. The molecule has 2 atom stereocenters. The summed E-state index contributed by atoms with van der Waals surface area (Å²) in [5.74, 6) is 1.26. The van der Waals surface area contributed by atoms with Crippen LogP contribution in [0, 0.1) is 0 Å². The Hall–Kier alpha value is -1.51. The maximum absolute atomic E-state index is 4.81. The molecule has 0 bridgehead atoms. The molecule has 2 unspecified atom stereocenters. The highest BCUT2D eigenvalue weighted by atomic mass is 15.5. The Bertz CT molecular complexity index is 468. The summed E-state index contributed by atoms with van der Waals surface area (Å²) in [7, 11) is 0. The van der Waals surface area contributed by atoms with Gasteiger partial charge in [-0.3, -0.25) is 4.99 Å². The first kappa shape index (κ1) is 13.5. The van der Waals surface area contributed by atoms with Gasteiger partial charge in [-0.25, -0.2) is 0 Å². The Morgan fingerprint density at radius 3 is 2.65 bits per heavy atom. The first-order valence-corrected chi connectivity index (χ1v) is 7.95. The van der Waals surface area contributed by atoms with Crippen LogP contribution < -0.4 is 0 Å². The minimum absolute atomic E-state index is 0.584. The first-order chi connectivity index (χ1) is 9.83. The van der Waals surface area contributed by atoms with Gasteiger partial charge in [0.05, 0.1) is 18.6 Å². The monoisotopic (exact) mass is 271 g/mol. The second-order valence-electron chi connectivity index (χ2n) is 5.87. The molecule has 1 aromatic carbocycles. The minimum atomic E-state index is 0.584. The van der Waals surface area contributed by atoms with Crippen LogP contribution >= 0.6 is 0 Å². The zero-order chi connectivity index (χ0) is 13.9. The predicted molar refractivity (Wildman–Crippen MR) is 84.0 cm³/mol. The predicted octanol–water partition coefficient (Wildman–Crippen LogP) is 2.77. The SMILES string of the molecule is CCCC1CN=C2N(CC)C(Cc3ccccc3)CN21. The van der Waals surface area contributed by atoms with Gasteiger partial charge < -0.3 is 9.80 Å². The van der Waals surface area contributed by atoms with Crippen molar-refractivity contribution in [2.24, 2.45) is 4.99 Å². The fourth-order valence-corrected chi connectivity index (χ4v) is 3.56. The molecule has 1 fully saturated rings. The maximum atomic E-state index is 4.81. The lowest BCUT2D eigenvalue weighted by molar-refractivity contribution is 0.311. The van der Waals surface area contributed by atoms with E-state index in [1.807, 2.05) is 0 Å². The van der Waals surface area contributed by atoms with Crippen molar-refractivity contribution in [1.82, 2.24) is 9.80 Å². The van der Waals surface area contributed by atoms with Crippen LogP contribution in [-0.2, 0) is 6.42 Å². The van der Waals surface area contributed by atoms with Crippen molar-refractivity contribution in [2.45, 2.75) is 45.2 Å². The van der Waals surface area contributed by atoms with Gasteiger partial charge in [0.1, 0.15) is 0 Å². The zero-order valence-electron chi connectivity index (χ0n) is 12.6. The van der Waals surface area contributed by atoms with E-state index in [2.05, 4.69) is 54.0 Å². The third kappa shape index (κ3) is 2.41. The van der Waals surface area contributed by atoms with Crippen LogP contribution in [-0.4, -0.2) is 47.5 Å². The number of guanidine groups is 1. The first-order valence-electron chi connectivity index (χ1n) is 7.95. The van der Waals surface area contributed by atoms with E-state index in [-0.39, 0.29) is 0 Å². The van der Waals surface area contributed by atoms with Gasteiger partial charge in [0, 0.05) is 13.1 Å². The summed E-state index contributed by atoms with van der Waals surface area (Å²) >= 11 is 0. The molecule has 1 aromatic rings. The molecule has 2 aliphatic heterocycles. The summed E-state index contributed by atoms with van der Waals surface area (Å²) in [5, 5.41) is 0. The average molecular weight is 271 g/mol. The summed E-state index contributed by atoms with van der Waals surface area (Å²) in [6.45, 7) is 7.72. The largest absolute Gasteiger partial charge is 0.338 e. The molecule has 0 aromatic heterocycles. The highest BCUT2D eigenvalue weighted by Gasteiger charge is 2.40. The van der Waals surface area contributed by atoms with E-state index in [4.69, 9.17) is 4.99 Å². The van der Waals surface area contributed by atoms with Gasteiger partial charge in [-0.2, -0.15) is 0 Å². The second-order valence-corrected chi connectivity index (χ2v) is 5.87. The van der Waals surface area contributed by atoms with E-state index in [1.165, 1.54) is 24.4 Å². The fraction of sp³-hybridized carbons (Fsp3) is 0.588. The molecule has 0 aliphatic carbocycles. The molecule has 108 valence electrons. The molecule has 2 heterocycles. The summed E-state index contributed by atoms with van der Waals surface area (Å²) in [5.41, 5.74) is 1.43. The van der Waals surface area contributed by atoms with Crippen LogP contribution in [0.5, 0.6) is 0 Å². The standard InChI is InChI=1S/C17H25N3/c1-3-8-15-12-18-17-19(4-2)16(13-20(15)17)11-14-9-6-5-7-10-14/h5-7,9-10,15-16H,3-4,8,11-13H2,1-2H3. The van der Waals surface area contributed by atoms with Crippen LogP contribution in [0.3, 0.4) is 0 Å². The Balaban J connectivity index is 1.73. The summed E-state index contributed by atoms with van der Waals surface area (Å²) in [4.78, 5) is 9.87. The molecule has 0 amide bonds. The Labute approximate surface area is 122 Å². The molecule has 0 spiro atoms. The maximum Gasteiger partial charge on any atom is 0.197 e. The van der Waals surface area contributed by atoms with Gasteiger partial charge in [-0.1, -0.05) is 43.7 Å². The van der Waals surface area contributed by atoms with E-state index in [0.29, 0.717) is 12.1 Å². The lowest BCUT2D eigenvalue weighted by Gasteiger charge is -2.23. The Kier molecular flexibility index (Phi) is 3.95. The number of aliphatic imine (C=N–C) groups is 1. The molecule has 0 radical (unpaired) electrons. The van der Waals surface area contributed by atoms with Gasteiger partial charge in [-0.05, 0) is 25.3 Å². The Morgan fingerprint density at radius 2 is 1.95 bits per heavy atom. The van der Waals surface area contributed by atoms with Crippen molar-refractivity contribution >= 4 is 5.96 Å². The van der Waals surface area contributed by atoms with E-state index < -0.39 is 0 Å². The number of hydrogen-bond acceptors (Lipinski definition) is 3. The summed E-state index contributed by atoms with van der Waals surface area (Å²) < 4.78 is 0. The highest BCUT2D eigenvalue weighted by molar-refractivity contribution is 5.84. The van der Waals surface area contributed by atoms with Crippen molar-refractivity contribution in [3.05, 3.63) is 35.9 Å². The van der Waals surface area contributed by atoms with Crippen LogP contribution in [0.15, 0.2) is 35.3 Å². The molecule has 3 heteroatoms. The zero-order valence-corrected chi connectivity index (χ0v) is 12.6. The molecule has 3 nitrogen and oxygen atoms in total. The van der Waals surface area contributed by atoms with E-state index >= 15 is 0 Å². The van der Waals surface area contributed by atoms with Gasteiger partial charge >= 0.3 is 0 Å². The van der Waals surface area contributed by atoms with Crippen molar-refractivity contribution in [3.8, 4) is 0 Å². The molecule has 1 saturated heterocycles. The third-order valence-corrected chi connectivity index (χ3v) is 4.52. The number of hydrogen-bond donors (Lipinski definition) is 0. The van der Waals surface area contributed by atoms with Crippen LogP contribution in [0.2, 0.25) is 0 Å². The summed E-state index contributed by atoms with van der Waals surface area (Å²) in [6.07, 6.45) is 3.64. The van der Waals surface area contributed by atoms with Crippen LogP contribution in [0.1, 0.15) is 32.3 Å². The van der Waals surface area contributed by atoms with Gasteiger partial charge in [0.2, 0.25) is 0 Å². The van der Waals surface area contributed by atoms with Crippen molar-refractivity contribution in [1.29, 1.82) is 0 Å². The minimum Gasteiger partial charge on any atom is -0.338 e. The normalized spacial score (nSPS) is 25.0. The van der Waals surface area contributed by atoms with Crippen LogP contribution in [0.25, 0.3) is 0 Å². The number of benzene rings is 1. The highest BCUT2D eigenvalue weighted by Crippen LogP contribution is 2.27. The third-order valence-electron chi connectivity index (χ3n) is 4.52. The molecule has 2 aliphatic rings. The van der Waals surface area contributed by atoms with Crippen molar-refractivity contribution in [2.75, 3.05) is 19.6 Å². The smallest absolute Gasteiger partial charge is 0.197 e. The van der Waals surface area contributed by atoms with Gasteiger partial charge in [-0.15, -0.1) is 0 Å². The van der Waals surface area contributed by atoms with E-state index in [0.717, 1.165) is 26.1 Å². The number of likely N-dealkylation sites (N-methyl/N-ethyl adjacent to an activating group) is 1. The van der Waals surface area contributed by atoms with Crippen molar-refractivity contribution in [3.63, 3.8) is 0 Å². The van der Waals surface area contributed by atoms with Gasteiger partial charge in [0.25, 0.3) is 0 Å². The molecule has 0 N–H and O–H groups in total. The van der Waals surface area contributed by atoms with E-state index in [9.17, 15) is 0 Å². The van der Waals surface area contributed by atoms with Crippen molar-refractivity contribution < 1.29 is 0 Å². The topological polar surface area (TPSA) is 18.8 Å². The molecular weight excluding hydrogens is 246 g/mol. The fourth-order valence-electron chi connectivity index (χ4n) is 3.56. The summed E-state index contributed by atoms with van der Waals surface area (Å²) in [6, 6.07) is 12.1. The Morgan fingerprint density at radius 1 is 1.15 bits per heavy atom. The number of nitrogens with zero attached hydrogens (tertiary/aromatic N) is 3. The molecule has 0 saturated carbocycles. The number of fused-ring (bicyclic) bond motifs is 1. The second kappa shape index (κ2) is 5.86. The lowest BCUT2D eigenvalue weighted by atomic mass is 10.0. The lowest BCUT2D eigenvalue weighted by Crippen LogP contribution is -2.36. The van der Waals surface area contributed by atoms with E-state index in [1.54, 1.807) is 0 Å². The molecular formula is C17H25N3.